The number of carbonyl (C=O) groups excluding carboxylic acids is 1. The molecule has 0 heterocycles. The van der Waals surface area contributed by atoms with E-state index in [4.69, 9.17) is 4.74 Å². The van der Waals surface area contributed by atoms with Gasteiger partial charge < -0.3 is 14.9 Å². The third kappa shape index (κ3) is 3.76. The Bertz CT molecular complexity index is 650. The Labute approximate surface area is 131 Å². The van der Waals surface area contributed by atoms with E-state index >= 15 is 0 Å². The van der Waals surface area contributed by atoms with E-state index in [2.05, 4.69) is 15.9 Å². The molecule has 110 valence electrons. The molecule has 0 unspecified atom stereocenters. The summed E-state index contributed by atoms with van der Waals surface area (Å²) in [5.41, 5.74) is 0.765. The van der Waals surface area contributed by atoms with Crippen LogP contribution in [0, 0.1) is 0 Å². The molecule has 0 atom stereocenters. The summed E-state index contributed by atoms with van der Waals surface area (Å²) in [6.45, 7) is 1.68. The highest BCUT2D eigenvalue weighted by atomic mass is 79.9. The van der Waals surface area contributed by atoms with Crippen molar-refractivity contribution in [3.05, 3.63) is 52.0 Å². The fourth-order valence-electron chi connectivity index (χ4n) is 1.89. The van der Waals surface area contributed by atoms with E-state index < -0.39 is 0 Å². The average Bonchev–Trinajstić information content (AvgIpc) is 2.46. The van der Waals surface area contributed by atoms with Gasteiger partial charge in [-0.05, 0) is 42.3 Å². The lowest BCUT2D eigenvalue weighted by Gasteiger charge is -2.09. The molecule has 0 amide bonds. The Morgan fingerprint density at radius 3 is 2.43 bits per heavy atom. The number of aryl methyl sites for hydroxylation is 1. The number of Topliss-reactive ketones (excluding diaryl/α,β-unsaturated/α-hetero) is 1. The van der Waals surface area contributed by atoms with Crippen molar-refractivity contribution in [2.45, 2.75) is 13.3 Å². The Kier molecular flexibility index (Phi) is 4.85. The Balaban J connectivity index is 2.11. The summed E-state index contributed by atoms with van der Waals surface area (Å²) in [7, 11) is 0. The molecule has 2 aromatic rings. The molecule has 0 fully saturated rings. The molecule has 21 heavy (non-hydrogen) atoms. The molecule has 2 rings (SSSR count). The maximum absolute atomic E-state index is 12.1. The Hall–Kier alpha value is -2.01. The monoisotopic (exact) mass is 350 g/mol. The summed E-state index contributed by atoms with van der Waals surface area (Å²) in [6.07, 6.45) is 0.569. The molecule has 0 saturated carbocycles. The Morgan fingerprint density at radius 2 is 1.81 bits per heavy atom. The van der Waals surface area contributed by atoms with Crippen molar-refractivity contribution in [2.75, 3.05) is 6.61 Å². The number of hydrogen-bond acceptors (Lipinski definition) is 4. The van der Waals surface area contributed by atoms with Crippen LogP contribution in [0.15, 0.2) is 40.9 Å². The van der Waals surface area contributed by atoms with Crippen molar-refractivity contribution in [3.63, 3.8) is 0 Å². The molecule has 0 radical (unpaired) electrons. The summed E-state index contributed by atoms with van der Waals surface area (Å²) in [4.78, 5) is 12.1. The lowest BCUT2D eigenvalue weighted by atomic mass is 10.0. The third-order valence-corrected chi connectivity index (χ3v) is 3.59. The van der Waals surface area contributed by atoms with Gasteiger partial charge in [-0.25, -0.2) is 0 Å². The number of rotatable bonds is 5. The minimum Gasteiger partial charge on any atom is -0.508 e. The van der Waals surface area contributed by atoms with Gasteiger partial charge in [0.25, 0.3) is 0 Å². The molecule has 2 N–H and O–H groups in total. The van der Waals surface area contributed by atoms with E-state index in [1.807, 2.05) is 19.1 Å². The van der Waals surface area contributed by atoms with Crippen molar-refractivity contribution in [3.8, 4) is 17.2 Å². The van der Waals surface area contributed by atoms with E-state index in [1.54, 1.807) is 12.1 Å². The predicted molar refractivity (Wildman–Crippen MR) is 83.1 cm³/mol. The minimum absolute atomic E-state index is 0.0135. The lowest BCUT2D eigenvalue weighted by Crippen LogP contribution is -2.12. The Morgan fingerprint density at radius 1 is 1.14 bits per heavy atom. The van der Waals surface area contributed by atoms with E-state index in [0.717, 1.165) is 4.47 Å². The van der Waals surface area contributed by atoms with Gasteiger partial charge >= 0.3 is 0 Å². The molecule has 0 bridgehead atoms. The molecular weight excluding hydrogens is 336 g/mol. The quantitative estimate of drug-likeness (QED) is 0.807. The van der Waals surface area contributed by atoms with Gasteiger partial charge in [0.15, 0.2) is 6.61 Å². The van der Waals surface area contributed by atoms with Gasteiger partial charge in [0, 0.05) is 10.5 Å². The smallest absolute Gasteiger partial charge is 0.203 e. The van der Waals surface area contributed by atoms with Crippen molar-refractivity contribution in [2.24, 2.45) is 0 Å². The zero-order valence-corrected chi connectivity index (χ0v) is 13.1. The van der Waals surface area contributed by atoms with Crippen LogP contribution >= 0.6 is 15.9 Å². The molecule has 0 aliphatic carbocycles. The van der Waals surface area contributed by atoms with Crippen LogP contribution in [0.3, 0.4) is 0 Å². The van der Waals surface area contributed by atoms with Gasteiger partial charge in [-0.2, -0.15) is 0 Å². The van der Waals surface area contributed by atoms with E-state index in [9.17, 15) is 15.0 Å². The van der Waals surface area contributed by atoms with Crippen LogP contribution in [-0.2, 0) is 6.42 Å². The van der Waals surface area contributed by atoms with Crippen LogP contribution < -0.4 is 4.74 Å². The van der Waals surface area contributed by atoms with Gasteiger partial charge in [0.05, 0.1) is 5.56 Å². The number of aromatic hydroxyl groups is 2. The zero-order valence-electron chi connectivity index (χ0n) is 11.5. The highest BCUT2D eigenvalue weighted by Gasteiger charge is 2.15. The van der Waals surface area contributed by atoms with E-state index in [-0.39, 0.29) is 29.5 Å². The number of ketones is 1. The fraction of sp³-hybridized carbons (Fsp3) is 0.188. The van der Waals surface area contributed by atoms with Gasteiger partial charge in [0.1, 0.15) is 17.2 Å². The first-order chi connectivity index (χ1) is 10.0. The molecular formula is C16H15BrO4. The number of hydrogen-bond donors (Lipinski definition) is 2. The van der Waals surface area contributed by atoms with E-state index in [1.165, 1.54) is 12.1 Å². The second kappa shape index (κ2) is 6.63. The van der Waals surface area contributed by atoms with Crippen LogP contribution in [0.5, 0.6) is 17.2 Å². The third-order valence-electron chi connectivity index (χ3n) is 3.06. The standard InChI is InChI=1S/C16H15BrO4/c1-2-10-7-13(15(19)8-14(10)18)16(20)9-21-12-5-3-11(17)4-6-12/h3-8,18-19H,2,9H2,1H3. The van der Waals surface area contributed by atoms with Gasteiger partial charge in [-0.3, -0.25) is 4.79 Å². The van der Waals surface area contributed by atoms with Crippen LogP contribution in [0.1, 0.15) is 22.8 Å². The predicted octanol–water partition coefficient (Wildman–Crippen LogP) is 3.68. The minimum atomic E-state index is -0.342. The highest BCUT2D eigenvalue weighted by Crippen LogP contribution is 2.28. The summed E-state index contributed by atoms with van der Waals surface area (Å²) in [6, 6.07) is 9.79. The molecule has 0 aliphatic rings. The van der Waals surface area contributed by atoms with Crippen molar-refractivity contribution < 1.29 is 19.7 Å². The number of halogens is 1. The normalized spacial score (nSPS) is 10.4. The number of phenols is 2. The molecule has 5 heteroatoms. The number of ether oxygens (including phenoxy) is 1. The molecule has 2 aromatic carbocycles. The lowest BCUT2D eigenvalue weighted by molar-refractivity contribution is 0.0918. The largest absolute Gasteiger partial charge is 0.508 e. The first-order valence-corrected chi connectivity index (χ1v) is 7.27. The van der Waals surface area contributed by atoms with Gasteiger partial charge in [0.2, 0.25) is 5.78 Å². The van der Waals surface area contributed by atoms with E-state index in [0.29, 0.717) is 17.7 Å². The summed E-state index contributed by atoms with van der Waals surface area (Å²) in [5, 5.41) is 19.4. The maximum atomic E-state index is 12.1. The SMILES string of the molecule is CCc1cc(C(=O)COc2ccc(Br)cc2)c(O)cc1O. The topological polar surface area (TPSA) is 66.8 Å². The average molecular weight is 351 g/mol. The molecule has 0 aliphatic heterocycles. The van der Waals surface area contributed by atoms with Gasteiger partial charge in [-0.1, -0.05) is 22.9 Å². The first-order valence-electron chi connectivity index (χ1n) is 6.47. The number of carbonyl (C=O) groups is 1. The van der Waals surface area contributed by atoms with Crippen molar-refractivity contribution in [1.29, 1.82) is 0 Å². The second-order valence-corrected chi connectivity index (χ2v) is 5.43. The van der Waals surface area contributed by atoms with Crippen molar-refractivity contribution in [1.82, 2.24) is 0 Å². The molecule has 4 nitrogen and oxygen atoms in total. The van der Waals surface area contributed by atoms with Crippen molar-refractivity contribution >= 4 is 21.7 Å². The zero-order chi connectivity index (χ0) is 15.4. The summed E-state index contributed by atoms with van der Waals surface area (Å²) in [5.74, 6) is -0.0277. The molecule has 0 aromatic heterocycles. The van der Waals surface area contributed by atoms with Crippen LogP contribution in [0.2, 0.25) is 0 Å². The summed E-state index contributed by atoms with van der Waals surface area (Å²) < 4.78 is 6.31. The maximum Gasteiger partial charge on any atom is 0.203 e. The highest BCUT2D eigenvalue weighted by molar-refractivity contribution is 9.10. The number of phenolic OH excluding ortho intramolecular Hbond substituents is 2. The van der Waals surface area contributed by atoms with Gasteiger partial charge in [-0.15, -0.1) is 0 Å². The number of benzene rings is 2. The summed E-state index contributed by atoms with van der Waals surface area (Å²) >= 11 is 3.32. The fourth-order valence-corrected chi connectivity index (χ4v) is 2.15. The molecule has 0 saturated heterocycles. The van der Waals surface area contributed by atoms with Crippen LogP contribution in [-0.4, -0.2) is 22.6 Å². The molecule has 0 spiro atoms. The first kappa shape index (κ1) is 15.4. The second-order valence-electron chi connectivity index (χ2n) is 4.52. The van der Waals surface area contributed by atoms with Crippen LogP contribution in [0.4, 0.5) is 0 Å². The van der Waals surface area contributed by atoms with Crippen LogP contribution in [0.25, 0.3) is 0 Å².